The third kappa shape index (κ3) is 4.08. The molecule has 4 rings (SSSR count). The van der Waals surface area contributed by atoms with Crippen molar-refractivity contribution in [3.63, 3.8) is 0 Å². The zero-order valence-corrected chi connectivity index (χ0v) is 19.0. The van der Waals surface area contributed by atoms with Crippen molar-refractivity contribution in [1.29, 1.82) is 0 Å². The third-order valence-electron chi connectivity index (χ3n) is 4.69. The largest absolute Gasteiger partial charge is 0.298 e. The molecule has 0 radical (unpaired) electrons. The summed E-state index contributed by atoms with van der Waals surface area (Å²) >= 11 is 3.09. The number of pyridine rings is 2. The van der Waals surface area contributed by atoms with Gasteiger partial charge in [-0.25, -0.2) is 9.37 Å². The summed E-state index contributed by atoms with van der Waals surface area (Å²) in [5.41, 5.74) is 4.19. The number of hydrazone groups is 1. The van der Waals surface area contributed by atoms with Crippen LogP contribution in [0.3, 0.4) is 0 Å². The predicted molar refractivity (Wildman–Crippen MR) is 120 cm³/mol. The Balaban J connectivity index is 1.70. The average molecular weight is 502 g/mol. The average Bonchev–Trinajstić information content (AvgIpc) is 3.16. The summed E-state index contributed by atoms with van der Waals surface area (Å²) in [4.78, 5) is 8.49. The van der Waals surface area contributed by atoms with Gasteiger partial charge >= 0.3 is 0 Å². The highest BCUT2D eigenvalue weighted by atomic mass is 79.9. The Bertz CT molecular complexity index is 1400. The van der Waals surface area contributed by atoms with Gasteiger partial charge in [0.2, 0.25) is 0 Å². The quantitative estimate of drug-likeness (QED) is 0.302. The second-order valence-corrected chi connectivity index (χ2v) is 9.56. The molecule has 4 aromatic rings. The molecule has 7 nitrogen and oxygen atoms in total. The van der Waals surface area contributed by atoms with Crippen molar-refractivity contribution < 1.29 is 12.8 Å². The number of hydrogen-bond acceptors (Lipinski definition) is 5. The first-order chi connectivity index (χ1) is 14.8. The first-order valence-corrected chi connectivity index (χ1v) is 11.4. The lowest BCUT2D eigenvalue weighted by Crippen LogP contribution is -2.22. The van der Waals surface area contributed by atoms with Gasteiger partial charge in [0.1, 0.15) is 16.4 Å². The molecule has 0 bridgehead atoms. The van der Waals surface area contributed by atoms with E-state index in [-0.39, 0.29) is 9.37 Å². The van der Waals surface area contributed by atoms with E-state index in [1.54, 1.807) is 18.6 Å². The van der Waals surface area contributed by atoms with Crippen LogP contribution in [0.5, 0.6) is 0 Å². The predicted octanol–water partition coefficient (Wildman–Crippen LogP) is 4.26. The van der Waals surface area contributed by atoms with Crippen LogP contribution in [0.1, 0.15) is 11.3 Å². The SMILES string of the molecule is Cc1cc(-c2cccnc2)cn2c(/C=N/N(C)S(=O)(=O)c3ccc(F)cc3Br)cnc12. The maximum Gasteiger partial charge on any atom is 0.279 e. The second kappa shape index (κ2) is 8.20. The van der Waals surface area contributed by atoms with Crippen LogP contribution in [0.15, 0.2) is 75.7 Å². The first-order valence-electron chi connectivity index (χ1n) is 9.13. The molecular formula is C21H17BrFN5O2S. The smallest absolute Gasteiger partial charge is 0.279 e. The van der Waals surface area contributed by atoms with E-state index >= 15 is 0 Å². The molecule has 31 heavy (non-hydrogen) atoms. The van der Waals surface area contributed by atoms with Gasteiger partial charge in [0.15, 0.2) is 0 Å². The van der Waals surface area contributed by atoms with Gasteiger partial charge in [-0.2, -0.15) is 17.9 Å². The Morgan fingerprint density at radius 1 is 1.19 bits per heavy atom. The molecule has 0 aliphatic carbocycles. The van der Waals surface area contributed by atoms with Gasteiger partial charge in [0, 0.05) is 41.2 Å². The highest BCUT2D eigenvalue weighted by Crippen LogP contribution is 2.26. The zero-order chi connectivity index (χ0) is 22.2. The van der Waals surface area contributed by atoms with Gasteiger partial charge in [0.25, 0.3) is 10.0 Å². The molecule has 0 aliphatic heterocycles. The van der Waals surface area contributed by atoms with Crippen LogP contribution in [0, 0.1) is 12.7 Å². The van der Waals surface area contributed by atoms with Gasteiger partial charge < -0.3 is 0 Å². The number of imidazole rings is 1. The van der Waals surface area contributed by atoms with E-state index in [0.717, 1.165) is 38.9 Å². The molecule has 3 aromatic heterocycles. The number of halogens is 2. The monoisotopic (exact) mass is 501 g/mol. The number of hydrogen-bond donors (Lipinski definition) is 0. The number of nitrogens with zero attached hydrogens (tertiary/aromatic N) is 5. The summed E-state index contributed by atoms with van der Waals surface area (Å²) in [5.74, 6) is -0.539. The van der Waals surface area contributed by atoms with Crippen molar-refractivity contribution >= 4 is 37.8 Å². The van der Waals surface area contributed by atoms with E-state index in [1.165, 1.54) is 19.3 Å². The van der Waals surface area contributed by atoms with Crippen LogP contribution in [0.2, 0.25) is 0 Å². The number of sulfonamides is 1. The summed E-state index contributed by atoms with van der Waals surface area (Å²) in [7, 11) is -2.65. The molecule has 0 saturated heterocycles. The third-order valence-corrected chi connectivity index (χ3v) is 7.31. The van der Waals surface area contributed by atoms with E-state index in [4.69, 9.17) is 0 Å². The highest BCUT2D eigenvalue weighted by Gasteiger charge is 2.22. The fourth-order valence-corrected chi connectivity index (χ4v) is 5.06. The van der Waals surface area contributed by atoms with Crippen molar-refractivity contribution in [2.75, 3.05) is 7.05 Å². The minimum atomic E-state index is -3.97. The van der Waals surface area contributed by atoms with Crippen LogP contribution in [0.25, 0.3) is 16.8 Å². The van der Waals surface area contributed by atoms with E-state index in [9.17, 15) is 12.8 Å². The maximum atomic E-state index is 13.3. The second-order valence-electron chi connectivity index (χ2n) is 6.79. The molecule has 0 unspecified atom stereocenters. The molecule has 1 aromatic carbocycles. The maximum absolute atomic E-state index is 13.3. The number of aryl methyl sites for hydroxylation is 1. The van der Waals surface area contributed by atoms with Crippen LogP contribution < -0.4 is 0 Å². The van der Waals surface area contributed by atoms with Gasteiger partial charge in [-0.3, -0.25) is 9.38 Å². The molecule has 3 heterocycles. The van der Waals surface area contributed by atoms with E-state index in [2.05, 4.69) is 31.0 Å². The van der Waals surface area contributed by atoms with Gasteiger partial charge in [-0.1, -0.05) is 6.07 Å². The van der Waals surface area contributed by atoms with Crippen LogP contribution in [-0.4, -0.2) is 40.5 Å². The topological polar surface area (TPSA) is 79.9 Å². The Morgan fingerprint density at radius 2 is 2.00 bits per heavy atom. The zero-order valence-electron chi connectivity index (χ0n) is 16.6. The summed E-state index contributed by atoms with van der Waals surface area (Å²) in [6.07, 6.45) is 8.42. The fourth-order valence-electron chi connectivity index (χ4n) is 3.09. The minimum Gasteiger partial charge on any atom is -0.298 e. The fraction of sp³-hybridized carbons (Fsp3) is 0.0952. The van der Waals surface area contributed by atoms with Crippen molar-refractivity contribution in [2.24, 2.45) is 5.10 Å². The van der Waals surface area contributed by atoms with Crippen molar-refractivity contribution in [2.45, 2.75) is 11.8 Å². The molecule has 0 N–H and O–H groups in total. The van der Waals surface area contributed by atoms with Crippen molar-refractivity contribution in [1.82, 2.24) is 18.8 Å². The van der Waals surface area contributed by atoms with Gasteiger partial charge in [0.05, 0.1) is 18.1 Å². The molecule has 0 atom stereocenters. The Hall–Kier alpha value is -3.11. The van der Waals surface area contributed by atoms with Gasteiger partial charge in [-0.05, 0) is 58.7 Å². The molecule has 0 saturated carbocycles. The molecule has 158 valence electrons. The first kappa shape index (κ1) is 21.1. The van der Waals surface area contributed by atoms with Crippen LogP contribution in [0.4, 0.5) is 4.39 Å². The van der Waals surface area contributed by atoms with Crippen LogP contribution in [-0.2, 0) is 10.0 Å². The summed E-state index contributed by atoms with van der Waals surface area (Å²) < 4.78 is 41.8. The number of fused-ring (bicyclic) bond motifs is 1. The standard InChI is InChI=1S/C21H17BrFN5O2S/c1-14-8-16(15-4-3-7-24-10-15)13-28-18(11-25-21(14)28)12-26-27(2)31(29,30)20-6-5-17(23)9-19(20)22/h3-13H,1-2H3/b26-12+. The molecule has 0 spiro atoms. The van der Waals surface area contributed by atoms with E-state index in [1.807, 2.05) is 35.7 Å². The molecule has 0 aliphatic rings. The summed E-state index contributed by atoms with van der Waals surface area (Å²) in [6, 6.07) is 9.21. The molecule has 0 fully saturated rings. The Labute approximate surface area is 187 Å². The number of aromatic nitrogens is 3. The normalized spacial score (nSPS) is 12.0. The number of rotatable bonds is 5. The van der Waals surface area contributed by atoms with E-state index < -0.39 is 15.8 Å². The van der Waals surface area contributed by atoms with Gasteiger partial charge in [-0.15, -0.1) is 0 Å². The van der Waals surface area contributed by atoms with E-state index in [0.29, 0.717) is 5.69 Å². The lowest BCUT2D eigenvalue weighted by atomic mass is 10.1. The number of benzene rings is 1. The van der Waals surface area contributed by atoms with Crippen molar-refractivity contribution in [3.8, 4) is 11.1 Å². The molecular weight excluding hydrogens is 485 g/mol. The Morgan fingerprint density at radius 3 is 2.71 bits per heavy atom. The lowest BCUT2D eigenvalue weighted by molar-refractivity contribution is 0.490. The molecule has 10 heteroatoms. The summed E-state index contributed by atoms with van der Waals surface area (Å²) in [5, 5.41) is 4.09. The van der Waals surface area contributed by atoms with Crippen LogP contribution >= 0.6 is 15.9 Å². The Kier molecular flexibility index (Phi) is 5.59. The summed E-state index contributed by atoms with van der Waals surface area (Å²) in [6.45, 7) is 1.95. The minimum absolute atomic E-state index is 0.0820. The molecule has 0 amide bonds. The van der Waals surface area contributed by atoms with Crippen molar-refractivity contribution in [3.05, 3.63) is 82.7 Å². The highest BCUT2D eigenvalue weighted by molar-refractivity contribution is 9.10. The lowest BCUT2D eigenvalue weighted by Gasteiger charge is -2.14.